The van der Waals surface area contributed by atoms with Crippen molar-refractivity contribution in [1.82, 2.24) is 5.32 Å². The summed E-state index contributed by atoms with van der Waals surface area (Å²) in [5.74, 6) is -5.39. The molecule has 126 valence electrons. The van der Waals surface area contributed by atoms with Gasteiger partial charge in [0.2, 0.25) is 5.91 Å². The number of hydrogen-bond acceptors (Lipinski definition) is 4. The summed E-state index contributed by atoms with van der Waals surface area (Å²) in [6, 6.07) is 6.55. The van der Waals surface area contributed by atoms with Crippen LogP contribution < -0.4 is 11.1 Å². The zero-order valence-corrected chi connectivity index (χ0v) is 14.6. The van der Waals surface area contributed by atoms with Crippen LogP contribution in [0.4, 0.5) is 8.78 Å². The van der Waals surface area contributed by atoms with Crippen LogP contribution in [-0.4, -0.2) is 39.1 Å². The van der Waals surface area contributed by atoms with E-state index in [1.807, 2.05) is 5.32 Å². The van der Waals surface area contributed by atoms with Gasteiger partial charge in [-0.1, -0.05) is 28.1 Å². The van der Waals surface area contributed by atoms with E-state index in [2.05, 4.69) is 15.9 Å². The number of alkyl halides is 2. The average molecular weight is 422 g/mol. The third-order valence-electron chi connectivity index (χ3n) is 2.49. The standard InChI is InChI=1S/C12H15BrF2N2O3S.ClH/c13-10-3-1-9(2-4-10)5-21(19,20)6-11(18)17-8-12(14,15)7-16;/h1-4H,5-8,16H2,(H,17,18);1H. The van der Waals surface area contributed by atoms with Crippen molar-refractivity contribution >= 4 is 44.1 Å². The van der Waals surface area contributed by atoms with Crippen molar-refractivity contribution < 1.29 is 22.0 Å². The van der Waals surface area contributed by atoms with Crippen LogP contribution in [0.25, 0.3) is 0 Å². The minimum absolute atomic E-state index is 0. The maximum absolute atomic E-state index is 12.8. The molecule has 0 spiro atoms. The number of carbonyl (C=O) groups is 1. The predicted octanol–water partition coefficient (Wildman–Crippen LogP) is 1.50. The zero-order valence-electron chi connectivity index (χ0n) is 11.4. The van der Waals surface area contributed by atoms with Gasteiger partial charge in [-0.3, -0.25) is 4.79 Å². The van der Waals surface area contributed by atoms with Crippen molar-refractivity contribution in [3.05, 3.63) is 34.3 Å². The smallest absolute Gasteiger partial charge is 0.277 e. The maximum Gasteiger partial charge on any atom is 0.277 e. The van der Waals surface area contributed by atoms with Crippen LogP contribution in [0.3, 0.4) is 0 Å². The highest BCUT2D eigenvalue weighted by Crippen LogP contribution is 2.13. The molecule has 0 fully saturated rings. The first-order chi connectivity index (χ1) is 9.63. The topological polar surface area (TPSA) is 89.3 Å². The van der Waals surface area contributed by atoms with Crippen LogP contribution in [0, 0.1) is 0 Å². The summed E-state index contributed by atoms with van der Waals surface area (Å²) in [7, 11) is -3.72. The molecule has 0 saturated carbocycles. The lowest BCUT2D eigenvalue weighted by molar-refractivity contribution is -0.120. The van der Waals surface area contributed by atoms with E-state index in [1.165, 1.54) is 0 Å². The van der Waals surface area contributed by atoms with Gasteiger partial charge in [0.1, 0.15) is 5.75 Å². The zero-order chi connectivity index (χ0) is 16.1. The molecule has 0 radical (unpaired) electrons. The second-order valence-electron chi connectivity index (χ2n) is 4.50. The minimum atomic E-state index is -3.72. The second kappa shape index (κ2) is 8.76. The molecule has 0 aliphatic carbocycles. The SMILES string of the molecule is Cl.NCC(F)(F)CNC(=O)CS(=O)(=O)Cc1ccc(Br)cc1. The van der Waals surface area contributed by atoms with Crippen LogP contribution in [0.5, 0.6) is 0 Å². The van der Waals surface area contributed by atoms with E-state index in [0.29, 0.717) is 5.56 Å². The monoisotopic (exact) mass is 420 g/mol. The fourth-order valence-corrected chi connectivity index (χ4v) is 3.00. The first kappa shape index (κ1) is 21.2. The molecule has 0 unspecified atom stereocenters. The third kappa shape index (κ3) is 8.02. The van der Waals surface area contributed by atoms with Crippen LogP contribution >= 0.6 is 28.3 Å². The largest absolute Gasteiger partial charge is 0.349 e. The Labute approximate surface area is 142 Å². The average Bonchev–Trinajstić information content (AvgIpc) is 2.38. The molecular weight excluding hydrogens is 406 g/mol. The molecule has 1 amide bonds. The van der Waals surface area contributed by atoms with Crippen molar-refractivity contribution in [3.8, 4) is 0 Å². The summed E-state index contributed by atoms with van der Waals surface area (Å²) in [6.45, 7) is -1.89. The molecule has 5 nitrogen and oxygen atoms in total. The molecule has 0 aromatic heterocycles. The molecule has 0 aliphatic rings. The highest BCUT2D eigenvalue weighted by Gasteiger charge is 2.28. The number of carbonyl (C=O) groups excluding carboxylic acids is 1. The van der Waals surface area contributed by atoms with Gasteiger partial charge >= 0.3 is 0 Å². The lowest BCUT2D eigenvalue weighted by Crippen LogP contribution is -2.43. The van der Waals surface area contributed by atoms with Crippen molar-refractivity contribution in [2.24, 2.45) is 5.73 Å². The number of rotatable bonds is 7. The molecular formula is C12H16BrClF2N2O3S. The van der Waals surface area contributed by atoms with Gasteiger partial charge in [0.15, 0.2) is 9.84 Å². The van der Waals surface area contributed by atoms with E-state index >= 15 is 0 Å². The van der Waals surface area contributed by atoms with E-state index in [0.717, 1.165) is 4.47 Å². The van der Waals surface area contributed by atoms with E-state index in [4.69, 9.17) is 5.73 Å². The molecule has 0 heterocycles. The highest BCUT2D eigenvalue weighted by atomic mass is 79.9. The fourth-order valence-electron chi connectivity index (χ4n) is 1.44. The number of nitrogens with two attached hydrogens (primary N) is 1. The highest BCUT2D eigenvalue weighted by molar-refractivity contribution is 9.10. The summed E-state index contributed by atoms with van der Waals surface area (Å²) in [5, 5.41) is 1.87. The summed E-state index contributed by atoms with van der Waals surface area (Å²) < 4.78 is 50.1. The first-order valence-electron chi connectivity index (χ1n) is 5.93. The van der Waals surface area contributed by atoms with Gasteiger partial charge in [0.05, 0.1) is 18.8 Å². The lowest BCUT2D eigenvalue weighted by Gasteiger charge is -2.14. The Bertz CT molecular complexity index is 597. The van der Waals surface area contributed by atoms with E-state index < -0.39 is 40.5 Å². The van der Waals surface area contributed by atoms with E-state index in [9.17, 15) is 22.0 Å². The first-order valence-corrected chi connectivity index (χ1v) is 8.54. The fraction of sp³-hybridized carbons (Fsp3) is 0.417. The summed E-state index contributed by atoms with van der Waals surface area (Å²) in [4.78, 5) is 11.4. The molecule has 0 atom stereocenters. The van der Waals surface area contributed by atoms with Gasteiger partial charge in [-0.2, -0.15) is 0 Å². The molecule has 1 aromatic rings. The molecule has 22 heavy (non-hydrogen) atoms. The Morgan fingerprint density at radius 1 is 1.27 bits per heavy atom. The Morgan fingerprint density at radius 2 is 1.82 bits per heavy atom. The summed E-state index contributed by atoms with van der Waals surface area (Å²) >= 11 is 3.22. The van der Waals surface area contributed by atoms with Crippen molar-refractivity contribution in [2.75, 3.05) is 18.8 Å². The second-order valence-corrected chi connectivity index (χ2v) is 7.48. The number of hydrogen-bond donors (Lipinski definition) is 2. The molecule has 10 heteroatoms. The number of halogens is 4. The Kier molecular flexibility index (Phi) is 8.45. The lowest BCUT2D eigenvalue weighted by atomic mass is 10.2. The van der Waals surface area contributed by atoms with Gasteiger partial charge in [-0.25, -0.2) is 17.2 Å². The van der Waals surface area contributed by atoms with Gasteiger partial charge < -0.3 is 11.1 Å². The van der Waals surface area contributed by atoms with Crippen molar-refractivity contribution in [2.45, 2.75) is 11.7 Å². The molecule has 1 rings (SSSR count). The van der Waals surface area contributed by atoms with Gasteiger partial charge in [-0.15, -0.1) is 12.4 Å². The third-order valence-corrected chi connectivity index (χ3v) is 4.50. The Balaban J connectivity index is 0.00000441. The van der Waals surface area contributed by atoms with Crippen LogP contribution in [-0.2, 0) is 20.4 Å². The number of nitrogens with one attached hydrogen (secondary N) is 1. The van der Waals surface area contributed by atoms with Crippen molar-refractivity contribution in [3.63, 3.8) is 0 Å². The summed E-state index contributed by atoms with van der Waals surface area (Å²) in [5.41, 5.74) is 5.32. The van der Waals surface area contributed by atoms with Crippen LogP contribution in [0.15, 0.2) is 28.7 Å². The molecule has 1 aromatic carbocycles. The molecule has 0 bridgehead atoms. The normalized spacial score (nSPS) is 11.6. The predicted molar refractivity (Wildman–Crippen MR) is 85.9 cm³/mol. The Hall–Kier alpha value is -0.770. The van der Waals surface area contributed by atoms with E-state index in [1.54, 1.807) is 24.3 Å². The number of amides is 1. The summed E-state index contributed by atoms with van der Waals surface area (Å²) in [6.07, 6.45) is 0. The van der Waals surface area contributed by atoms with Gasteiger partial charge in [-0.05, 0) is 17.7 Å². The van der Waals surface area contributed by atoms with Gasteiger partial charge in [0, 0.05) is 4.47 Å². The Morgan fingerprint density at radius 3 is 2.32 bits per heavy atom. The number of benzene rings is 1. The molecule has 0 saturated heterocycles. The van der Waals surface area contributed by atoms with Crippen molar-refractivity contribution in [1.29, 1.82) is 0 Å². The quantitative estimate of drug-likeness (QED) is 0.698. The minimum Gasteiger partial charge on any atom is -0.349 e. The maximum atomic E-state index is 12.8. The van der Waals surface area contributed by atoms with Gasteiger partial charge in [0.25, 0.3) is 5.92 Å². The number of sulfone groups is 1. The molecule has 0 aliphatic heterocycles. The van der Waals surface area contributed by atoms with E-state index in [-0.39, 0.29) is 18.2 Å². The van der Waals surface area contributed by atoms with Crippen LogP contribution in [0.1, 0.15) is 5.56 Å². The van der Waals surface area contributed by atoms with Crippen LogP contribution in [0.2, 0.25) is 0 Å². The molecule has 3 N–H and O–H groups in total.